The summed E-state index contributed by atoms with van der Waals surface area (Å²) in [5, 5.41) is 12.3. The Labute approximate surface area is 259 Å². The summed E-state index contributed by atoms with van der Waals surface area (Å²) in [4.78, 5) is 49.0. The Hall–Kier alpha value is -4.84. The van der Waals surface area contributed by atoms with Crippen molar-refractivity contribution in [1.29, 1.82) is 0 Å². The van der Waals surface area contributed by atoms with Gasteiger partial charge in [-0.2, -0.15) is 5.10 Å². The molecule has 0 spiro atoms. The van der Waals surface area contributed by atoms with Gasteiger partial charge in [0.05, 0.1) is 28.2 Å². The lowest BCUT2D eigenvalue weighted by atomic mass is 9.95. The number of nitrogens with two attached hydrogens (primary N) is 1. The number of amides is 4. The summed E-state index contributed by atoms with van der Waals surface area (Å²) in [6.45, 7) is 3.33. The molecule has 2 bridgehead atoms. The molecule has 3 aromatic rings. The van der Waals surface area contributed by atoms with Crippen LogP contribution < -0.4 is 21.8 Å². The molecule has 1 aliphatic rings. The number of hydrogen-bond donors (Lipinski definition) is 4. The minimum absolute atomic E-state index is 0.0558. The minimum atomic E-state index is -0.726. The molecular formula is C31H34ClFN8O3. The number of urea groups is 1. The van der Waals surface area contributed by atoms with Crippen molar-refractivity contribution < 1.29 is 18.8 Å². The Bertz CT molecular complexity index is 1640. The van der Waals surface area contributed by atoms with E-state index in [0.29, 0.717) is 41.9 Å². The number of aliphatic imine (C=N–C) groups is 1. The van der Waals surface area contributed by atoms with Crippen LogP contribution in [-0.4, -0.2) is 53.2 Å². The van der Waals surface area contributed by atoms with Crippen molar-refractivity contribution >= 4 is 57.9 Å². The van der Waals surface area contributed by atoms with E-state index in [2.05, 4.69) is 31.0 Å². The molecule has 0 saturated heterocycles. The molecule has 2 unspecified atom stereocenters. The van der Waals surface area contributed by atoms with Crippen LogP contribution in [0.25, 0.3) is 11.1 Å². The van der Waals surface area contributed by atoms with E-state index >= 15 is 0 Å². The Kier molecular flexibility index (Phi) is 10.3. The lowest BCUT2D eigenvalue weighted by molar-refractivity contribution is -0.119. The summed E-state index contributed by atoms with van der Waals surface area (Å²) in [6.07, 6.45) is 3.22. The molecule has 2 aromatic carbocycles. The molecule has 0 fully saturated rings. The third-order valence-corrected chi connectivity index (χ3v) is 7.47. The van der Waals surface area contributed by atoms with Gasteiger partial charge in [0.25, 0.3) is 5.91 Å². The summed E-state index contributed by atoms with van der Waals surface area (Å²) in [6, 6.07) is 12.4. The smallest absolute Gasteiger partial charge is 0.321 e. The van der Waals surface area contributed by atoms with Gasteiger partial charge in [0.2, 0.25) is 5.91 Å². The molecule has 4 amide bonds. The molecular weight excluding hydrogens is 587 g/mol. The van der Waals surface area contributed by atoms with Crippen LogP contribution in [0.1, 0.15) is 44.8 Å². The molecule has 11 nitrogen and oxygen atoms in total. The molecule has 0 radical (unpaired) electrons. The average molecular weight is 621 g/mol. The quantitative estimate of drug-likeness (QED) is 0.165. The highest BCUT2D eigenvalue weighted by atomic mass is 35.5. The van der Waals surface area contributed by atoms with Crippen molar-refractivity contribution in [3.63, 3.8) is 0 Å². The van der Waals surface area contributed by atoms with Crippen LogP contribution in [0, 0.1) is 11.7 Å². The summed E-state index contributed by atoms with van der Waals surface area (Å²) < 4.78 is 14.4. The van der Waals surface area contributed by atoms with Gasteiger partial charge in [-0.05, 0) is 61.7 Å². The van der Waals surface area contributed by atoms with Crippen LogP contribution in [-0.2, 0) is 9.59 Å². The first kappa shape index (κ1) is 32.1. The van der Waals surface area contributed by atoms with Crippen molar-refractivity contribution in [1.82, 2.24) is 15.2 Å². The van der Waals surface area contributed by atoms with Crippen LogP contribution in [0.2, 0.25) is 5.02 Å². The van der Waals surface area contributed by atoms with Gasteiger partial charge in [-0.1, -0.05) is 37.1 Å². The molecule has 0 saturated carbocycles. The number of nitrogens with one attached hydrogen (secondary N) is 3. The van der Waals surface area contributed by atoms with Crippen LogP contribution in [0.15, 0.2) is 64.8 Å². The first-order valence-electron chi connectivity index (χ1n) is 14.0. The lowest BCUT2D eigenvalue weighted by Crippen LogP contribution is -2.38. The largest absolute Gasteiger partial charge is 0.342 e. The normalized spacial score (nSPS) is 17.4. The van der Waals surface area contributed by atoms with Crippen molar-refractivity contribution in [2.45, 2.75) is 39.2 Å². The second-order valence-corrected chi connectivity index (χ2v) is 11.1. The summed E-state index contributed by atoms with van der Waals surface area (Å²) in [7, 11) is 3.27. The van der Waals surface area contributed by atoms with E-state index in [1.165, 1.54) is 24.0 Å². The van der Waals surface area contributed by atoms with Gasteiger partial charge in [0, 0.05) is 37.5 Å². The highest BCUT2D eigenvalue weighted by molar-refractivity contribution is 6.66. The number of halogens is 2. The van der Waals surface area contributed by atoms with Crippen molar-refractivity contribution in [3.8, 4) is 11.1 Å². The van der Waals surface area contributed by atoms with Gasteiger partial charge in [-0.25, -0.2) is 14.2 Å². The first-order valence-corrected chi connectivity index (χ1v) is 14.3. The highest BCUT2D eigenvalue weighted by Gasteiger charge is 2.25. The van der Waals surface area contributed by atoms with E-state index < -0.39 is 17.8 Å². The first-order chi connectivity index (χ1) is 21.0. The van der Waals surface area contributed by atoms with Gasteiger partial charge >= 0.3 is 6.03 Å². The fourth-order valence-corrected chi connectivity index (χ4v) is 4.85. The van der Waals surface area contributed by atoms with Gasteiger partial charge in [-0.15, -0.1) is 0 Å². The van der Waals surface area contributed by atoms with Gasteiger partial charge in [0.15, 0.2) is 11.5 Å². The topological polar surface area (TPSA) is 154 Å². The van der Waals surface area contributed by atoms with Crippen LogP contribution >= 0.6 is 11.6 Å². The molecule has 13 heteroatoms. The Morgan fingerprint density at radius 3 is 2.66 bits per heavy atom. The fraction of sp³-hybridized carbons (Fsp3) is 0.290. The van der Waals surface area contributed by atoms with Crippen LogP contribution in [0.4, 0.5) is 26.2 Å². The van der Waals surface area contributed by atoms with Crippen molar-refractivity contribution in [2.24, 2.45) is 21.9 Å². The second kappa shape index (κ2) is 14.1. The number of fused-ring (bicyclic) bond motifs is 4. The SMILES string of the molecule is CC(=Nc1cccc(Cl)c1F)C(=NN)C(=O)NC1CCCC(C)C(=O)Nc2cc(NC(=O)N(C)C)ccc2-c2ccnc1c2. The van der Waals surface area contributed by atoms with Gasteiger partial charge in [0.1, 0.15) is 5.69 Å². The zero-order chi connectivity index (χ0) is 32.0. The molecule has 1 aromatic heterocycles. The molecule has 1 aliphatic heterocycles. The van der Waals surface area contributed by atoms with Gasteiger partial charge < -0.3 is 26.7 Å². The number of carbonyl (C=O) groups excluding carboxylic acids is 3. The molecule has 4 rings (SSSR count). The Balaban J connectivity index is 1.68. The number of hydrazone groups is 1. The predicted molar refractivity (Wildman–Crippen MR) is 171 cm³/mol. The predicted octanol–water partition coefficient (Wildman–Crippen LogP) is 5.66. The number of carbonyl (C=O) groups is 3. The average Bonchev–Trinajstić information content (AvgIpc) is 2.99. The maximum Gasteiger partial charge on any atom is 0.321 e. The molecule has 2 atom stereocenters. The number of rotatable bonds is 5. The number of hydrogen-bond acceptors (Lipinski definition) is 7. The van der Waals surface area contributed by atoms with E-state index in [1.807, 2.05) is 13.0 Å². The molecule has 44 heavy (non-hydrogen) atoms. The fourth-order valence-electron chi connectivity index (χ4n) is 4.68. The third kappa shape index (κ3) is 7.56. The van der Waals surface area contributed by atoms with Crippen LogP contribution in [0.5, 0.6) is 0 Å². The summed E-state index contributed by atoms with van der Waals surface area (Å²) >= 11 is 5.87. The summed E-state index contributed by atoms with van der Waals surface area (Å²) in [5.74, 6) is 3.73. The number of aromatic nitrogens is 1. The second-order valence-electron chi connectivity index (χ2n) is 10.6. The number of anilines is 2. The Morgan fingerprint density at radius 2 is 1.93 bits per heavy atom. The van der Waals surface area contributed by atoms with Crippen LogP contribution in [0.3, 0.4) is 0 Å². The minimum Gasteiger partial charge on any atom is -0.342 e. The van der Waals surface area contributed by atoms with Crippen molar-refractivity contribution in [3.05, 3.63) is 71.3 Å². The number of nitrogens with zero attached hydrogens (tertiary/aromatic N) is 4. The van der Waals surface area contributed by atoms with E-state index in [4.69, 9.17) is 17.4 Å². The Morgan fingerprint density at radius 1 is 1.16 bits per heavy atom. The van der Waals surface area contributed by atoms with E-state index in [-0.39, 0.29) is 40.0 Å². The van der Waals surface area contributed by atoms with Crippen molar-refractivity contribution in [2.75, 3.05) is 24.7 Å². The van der Waals surface area contributed by atoms with E-state index in [0.717, 1.165) is 5.56 Å². The molecule has 230 valence electrons. The summed E-state index contributed by atoms with van der Waals surface area (Å²) in [5.41, 5.74) is 2.93. The number of pyridine rings is 1. The zero-order valence-electron chi connectivity index (χ0n) is 24.8. The van der Waals surface area contributed by atoms with E-state index in [1.54, 1.807) is 50.6 Å². The molecule has 5 N–H and O–H groups in total. The van der Waals surface area contributed by atoms with E-state index in [9.17, 15) is 18.8 Å². The van der Waals surface area contributed by atoms with Gasteiger partial charge in [-0.3, -0.25) is 14.6 Å². The highest BCUT2D eigenvalue weighted by Crippen LogP contribution is 2.34. The standard InChI is InChI=1S/C31H34ClFN8O3/c1-17-7-5-9-23(38-30(43)28(40-34)18(2)36-24-10-6-8-22(32)27(24)33)26-15-19(13-14-35-26)21-12-11-20(37-31(44)41(3)4)16-25(21)39-29(17)42/h6,8,10-17,23H,5,7,9,34H2,1-4H3,(H,37,44)(H,38,43)(H,39,42). The molecule has 0 aliphatic carbocycles. The monoisotopic (exact) mass is 620 g/mol. The lowest BCUT2D eigenvalue weighted by Gasteiger charge is -2.23. The third-order valence-electron chi connectivity index (χ3n) is 7.17. The zero-order valence-corrected chi connectivity index (χ0v) is 25.6. The maximum atomic E-state index is 14.4. The number of benzene rings is 2. The molecule has 2 heterocycles. The maximum absolute atomic E-state index is 14.4.